The molecule has 4 heteroatoms. The molecule has 1 heterocycles. The third-order valence-corrected chi connectivity index (χ3v) is 2.14. The summed E-state index contributed by atoms with van der Waals surface area (Å²) in [5.74, 6) is 0.707. The second kappa shape index (κ2) is 4.13. The number of aromatic nitrogens is 2. The van der Waals surface area contributed by atoms with E-state index in [0.717, 1.165) is 11.0 Å². The predicted octanol–water partition coefficient (Wildman–Crippen LogP) is 1.24. The summed E-state index contributed by atoms with van der Waals surface area (Å²) in [7, 11) is 0. The number of amides is 1. The van der Waals surface area contributed by atoms with Gasteiger partial charge < -0.3 is 10.3 Å². The highest BCUT2D eigenvalue weighted by atomic mass is 16.1. The maximum absolute atomic E-state index is 11.3. The highest BCUT2D eigenvalue weighted by Crippen LogP contribution is 2.10. The van der Waals surface area contributed by atoms with Gasteiger partial charge in [-0.15, -0.1) is 0 Å². The van der Waals surface area contributed by atoms with E-state index in [9.17, 15) is 4.79 Å². The van der Waals surface area contributed by atoms with E-state index >= 15 is 0 Å². The minimum absolute atomic E-state index is 0.00319. The maximum atomic E-state index is 11.3. The molecule has 2 N–H and O–H groups in total. The normalized spacial score (nSPS) is 10.5. The lowest BCUT2D eigenvalue weighted by Crippen LogP contribution is -2.24. The average molecular weight is 203 g/mol. The van der Waals surface area contributed by atoms with E-state index in [1.807, 2.05) is 31.2 Å². The number of hydrogen-bond acceptors (Lipinski definition) is 2. The number of H-pyrrole nitrogens is 1. The first-order valence-electron chi connectivity index (χ1n) is 5.00. The van der Waals surface area contributed by atoms with Gasteiger partial charge in [0.25, 0.3) is 0 Å². The van der Waals surface area contributed by atoms with Gasteiger partial charge in [-0.1, -0.05) is 12.1 Å². The summed E-state index contributed by atoms with van der Waals surface area (Å²) in [5.41, 5.74) is 1.87. The molecule has 0 saturated carbocycles. The fourth-order valence-electron chi connectivity index (χ4n) is 1.50. The lowest BCUT2D eigenvalue weighted by molar-refractivity contribution is -0.120. The topological polar surface area (TPSA) is 57.8 Å². The van der Waals surface area contributed by atoms with Gasteiger partial charge >= 0.3 is 0 Å². The highest BCUT2D eigenvalue weighted by molar-refractivity contribution is 5.80. The van der Waals surface area contributed by atoms with Gasteiger partial charge in [0.15, 0.2) is 0 Å². The molecule has 0 atom stereocenters. The monoisotopic (exact) mass is 203 g/mol. The van der Waals surface area contributed by atoms with Crippen molar-refractivity contribution in [1.82, 2.24) is 15.3 Å². The van der Waals surface area contributed by atoms with Gasteiger partial charge in [-0.3, -0.25) is 4.79 Å². The Bertz CT molecular complexity index is 442. The Morgan fingerprint density at radius 3 is 3.00 bits per heavy atom. The largest absolute Gasteiger partial charge is 0.356 e. The number of likely N-dealkylation sites (N-methyl/N-ethyl adjacent to an activating group) is 1. The Hall–Kier alpha value is -1.84. The third-order valence-electron chi connectivity index (χ3n) is 2.14. The van der Waals surface area contributed by atoms with Gasteiger partial charge in [-0.05, 0) is 19.1 Å². The highest BCUT2D eigenvalue weighted by Gasteiger charge is 2.06. The zero-order valence-electron chi connectivity index (χ0n) is 8.58. The van der Waals surface area contributed by atoms with Crippen molar-refractivity contribution in [1.29, 1.82) is 0 Å². The zero-order valence-corrected chi connectivity index (χ0v) is 8.58. The molecule has 0 spiro atoms. The minimum Gasteiger partial charge on any atom is -0.356 e. The summed E-state index contributed by atoms with van der Waals surface area (Å²) >= 11 is 0. The molecule has 1 amide bonds. The van der Waals surface area contributed by atoms with Crippen LogP contribution in [0.4, 0.5) is 0 Å². The Kier molecular flexibility index (Phi) is 2.67. The Labute approximate surface area is 87.7 Å². The minimum atomic E-state index is -0.00319. The van der Waals surface area contributed by atoms with Crippen molar-refractivity contribution in [3.05, 3.63) is 30.1 Å². The summed E-state index contributed by atoms with van der Waals surface area (Å²) in [5, 5.41) is 2.74. The Balaban J connectivity index is 2.18. The van der Waals surface area contributed by atoms with E-state index in [4.69, 9.17) is 0 Å². The van der Waals surface area contributed by atoms with Crippen LogP contribution in [-0.2, 0) is 11.2 Å². The van der Waals surface area contributed by atoms with E-state index in [2.05, 4.69) is 15.3 Å². The molecule has 1 aromatic heterocycles. The molecule has 0 aliphatic rings. The van der Waals surface area contributed by atoms with Gasteiger partial charge in [-0.2, -0.15) is 0 Å². The van der Waals surface area contributed by atoms with Crippen molar-refractivity contribution in [3.8, 4) is 0 Å². The number of imidazole rings is 1. The summed E-state index contributed by atoms with van der Waals surface area (Å²) < 4.78 is 0. The molecule has 78 valence electrons. The second-order valence-corrected chi connectivity index (χ2v) is 3.33. The van der Waals surface area contributed by atoms with Crippen molar-refractivity contribution in [2.45, 2.75) is 13.3 Å². The van der Waals surface area contributed by atoms with Crippen molar-refractivity contribution >= 4 is 16.9 Å². The molecule has 15 heavy (non-hydrogen) atoms. The van der Waals surface area contributed by atoms with E-state index in [0.29, 0.717) is 18.8 Å². The summed E-state index contributed by atoms with van der Waals surface area (Å²) in [6.07, 6.45) is 0.308. The van der Waals surface area contributed by atoms with Crippen molar-refractivity contribution in [3.63, 3.8) is 0 Å². The van der Waals surface area contributed by atoms with Crippen molar-refractivity contribution in [2.24, 2.45) is 0 Å². The molecule has 2 rings (SSSR count). The third kappa shape index (κ3) is 2.15. The second-order valence-electron chi connectivity index (χ2n) is 3.33. The number of hydrogen-bond donors (Lipinski definition) is 2. The van der Waals surface area contributed by atoms with Crippen LogP contribution in [-0.4, -0.2) is 22.4 Å². The van der Waals surface area contributed by atoms with E-state index in [1.165, 1.54) is 0 Å². The number of carbonyl (C=O) groups is 1. The fraction of sp³-hybridized carbons (Fsp3) is 0.273. The molecule has 0 fully saturated rings. The Morgan fingerprint density at radius 2 is 2.27 bits per heavy atom. The lowest BCUT2D eigenvalue weighted by atomic mass is 10.3. The summed E-state index contributed by atoms with van der Waals surface area (Å²) in [4.78, 5) is 18.7. The number of fused-ring (bicyclic) bond motifs is 1. The van der Waals surface area contributed by atoms with Gasteiger partial charge in [0.2, 0.25) is 5.91 Å². The predicted molar refractivity (Wildman–Crippen MR) is 58.5 cm³/mol. The van der Waals surface area contributed by atoms with Crippen LogP contribution >= 0.6 is 0 Å². The lowest BCUT2D eigenvalue weighted by Gasteiger charge is -1.97. The molecule has 2 aromatic rings. The zero-order chi connectivity index (χ0) is 10.7. The first-order valence-corrected chi connectivity index (χ1v) is 5.00. The van der Waals surface area contributed by atoms with Crippen LogP contribution < -0.4 is 5.32 Å². The molecule has 0 unspecified atom stereocenters. The quantitative estimate of drug-likeness (QED) is 0.788. The number of benzene rings is 1. The molecule has 0 radical (unpaired) electrons. The van der Waals surface area contributed by atoms with Crippen molar-refractivity contribution < 1.29 is 4.79 Å². The van der Waals surface area contributed by atoms with Crippen LogP contribution in [0.3, 0.4) is 0 Å². The first kappa shape index (κ1) is 9.71. The van der Waals surface area contributed by atoms with E-state index in [1.54, 1.807) is 0 Å². The van der Waals surface area contributed by atoms with Crippen LogP contribution in [0.15, 0.2) is 24.3 Å². The van der Waals surface area contributed by atoms with Crippen LogP contribution in [0.5, 0.6) is 0 Å². The fourth-order valence-corrected chi connectivity index (χ4v) is 1.50. The van der Waals surface area contributed by atoms with Crippen LogP contribution in [0.25, 0.3) is 11.0 Å². The number of nitrogens with one attached hydrogen (secondary N) is 2. The standard InChI is InChI=1S/C11H13N3O/c1-2-12-11(15)7-10-13-8-5-3-4-6-9(8)14-10/h3-6H,2,7H2,1H3,(H,12,15)(H,13,14). The molecule has 0 bridgehead atoms. The smallest absolute Gasteiger partial charge is 0.227 e. The van der Waals surface area contributed by atoms with E-state index < -0.39 is 0 Å². The molecule has 0 aliphatic heterocycles. The molecule has 0 aliphatic carbocycles. The first-order chi connectivity index (χ1) is 7.29. The van der Waals surface area contributed by atoms with Gasteiger partial charge in [0.05, 0.1) is 17.5 Å². The van der Waals surface area contributed by atoms with E-state index in [-0.39, 0.29) is 5.91 Å². The van der Waals surface area contributed by atoms with Gasteiger partial charge in [0, 0.05) is 6.54 Å². The molecule has 4 nitrogen and oxygen atoms in total. The summed E-state index contributed by atoms with van der Waals surface area (Å²) in [6.45, 7) is 2.55. The maximum Gasteiger partial charge on any atom is 0.227 e. The SMILES string of the molecule is CCNC(=O)Cc1nc2ccccc2[nH]1. The van der Waals surface area contributed by atoms with Gasteiger partial charge in [0.1, 0.15) is 5.82 Å². The molecule has 0 saturated heterocycles. The number of nitrogens with zero attached hydrogens (tertiary/aromatic N) is 1. The number of rotatable bonds is 3. The van der Waals surface area contributed by atoms with Crippen LogP contribution in [0, 0.1) is 0 Å². The van der Waals surface area contributed by atoms with Crippen LogP contribution in [0.1, 0.15) is 12.7 Å². The molecule has 1 aromatic carbocycles. The average Bonchev–Trinajstić information content (AvgIpc) is 2.59. The Morgan fingerprint density at radius 1 is 1.47 bits per heavy atom. The summed E-state index contributed by atoms with van der Waals surface area (Å²) in [6, 6.07) is 7.74. The van der Waals surface area contributed by atoms with Gasteiger partial charge in [-0.25, -0.2) is 4.98 Å². The van der Waals surface area contributed by atoms with Crippen molar-refractivity contribution in [2.75, 3.05) is 6.54 Å². The number of para-hydroxylation sites is 2. The van der Waals surface area contributed by atoms with Crippen LogP contribution in [0.2, 0.25) is 0 Å². The number of carbonyl (C=O) groups excluding carboxylic acids is 1. The number of aromatic amines is 1. The molecular formula is C11H13N3O. The molecular weight excluding hydrogens is 190 g/mol.